The number of nitrogens with zero attached hydrogens (tertiary/aromatic N) is 5. The van der Waals surface area contributed by atoms with Gasteiger partial charge in [-0.25, -0.2) is 19.7 Å². The van der Waals surface area contributed by atoms with Crippen molar-refractivity contribution in [1.82, 2.24) is 24.1 Å². The Hall–Kier alpha value is -2.74. The van der Waals surface area contributed by atoms with Crippen LogP contribution in [-0.4, -0.2) is 30.1 Å². The zero-order valence-corrected chi connectivity index (χ0v) is 16.0. The standard InChI is InChI=1S/C19H20N6OS/c1-11(2)24-16-17(21-8-7-20-16)25(19(24)26)13-9-12(10-13)22-18-23-14-5-3-4-6-15(14)27-18/h3-8,11-13H,9-10H2,1-2H3,(H,22,23)/t12-,13-. The molecule has 1 saturated carbocycles. The normalized spacial score (nSPS) is 19.7. The van der Waals surface area contributed by atoms with Crippen LogP contribution in [0.1, 0.15) is 38.8 Å². The molecule has 0 radical (unpaired) electrons. The van der Waals surface area contributed by atoms with E-state index in [9.17, 15) is 4.79 Å². The minimum atomic E-state index is -0.0189. The van der Waals surface area contributed by atoms with E-state index in [0.29, 0.717) is 17.3 Å². The van der Waals surface area contributed by atoms with Crippen molar-refractivity contribution in [2.75, 3.05) is 5.32 Å². The molecule has 7 nitrogen and oxygen atoms in total. The molecule has 0 amide bonds. The van der Waals surface area contributed by atoms with E-state index in [1.165, 1.54) is 4.70 Å². The number of hydrogen-bond acceptors (Lipinski definition) is 6. The quantitative estimate of drug-likeness (QED) is 0.585. The van der Waals surface area contributed by atoms with Crippen LogP contribution in [0.4, 0.5) is 5.13 Å². The highest BCUT2D eigenvalue weighted by atomic mass is 32.1. The van der Waals surface area contributed by atoms with Gasteiger partial charge in [0.2, 0.25) is 0 Å². The van der Waals surface area contributed by atoms with Crippen molar-refractivity contribution < 1.29 is 0 Å². The molecule has 1 aliphatic rings. The number of anilines is 1. The summed E-state index contributed by atoms with van der Waals surface area (Å²) in [6.07, 6.45) is 5.05. The number of para-hydroxylation sites is 1. The van der Waals surface area contributed by atoms with Crippen LogP contribution >= 0.6 is 11.3 Å². The summed E-state index contributed by atoms with van der Waals surface area (Å²) in [5.74, 6) is 0. The molecule has 1 aliphatic carbocycles. The Bertz CT molecular complexity index is 1150. The van der Waals surface area contributed by atoms with Crippen molar-refractivity contribution in [3.05, 3.63) is 47.1 Å². The summed E-state index contributed by atoms with van der Waals surface area (Å²) in [6, 6.07) is 8.65. The molecule has 4 aromatic rings. The highest BCUT2D eigenvalue weighted by molar-refractivity contribution is 7.22. The van der Waals surface area contributed by atoms with Crippen LogP contribution in [0.2, 0.25) is 0 Å². The van der Waals surface area contributed by atoms with Gasteiger partial charge in [0.1, 0.15) is 0 Å². The second kappa shape index (κ2) is 6.16. The molecule has 0 aliphatic heterocycles. The molecule has 1 fully saturated rings. The van der Waals surface area contributed by atoms with Crippen LogP contribution < -0.4 is 11.0 Å². The summed E-state index contributed by atoms with van der Waals surface area (Å²) in [5.41, 5.74) is 2.35. The van der Waals surface area contributed by atoms with E-state index in [4.69, 9.17) is 0 Å². The minimum Gasteiger partial charge on any atom is -0.359 e. The van der Waals surface area contributed by atoms with Gasteiger partial charge >= 0.3 is 5.69 Å². The molecule has 8 heteroatoms. The van der Waals surface area contributed by atoms with Gasteiger partial charge in [0.25, 0.3) is 0 Å². The van der Waals surface area contributed by atoms with E-state index < -0.39 is 0 Å². The first kappa shape index (κ1) is 16.4. The summed E-state index contributed by atoms with van der Waals surface area (Å²) in [6.45, 7) is 4.00. The molecule has 1 N–H and O–H groups in total. The number of thiazole rings is 1. The van der Waals surface area contributed by atoms with Gasteiger partial charge in [-0.2, -0.15) is 0 Å². The number of fused-ring (bicyclic) bond motifs is 2. The predicted octanol–water partition coefficient (Wildman–Crippen LogP) is 3.60. The summed E-state index contributed by atoms with van der Waals surface area (Å²) in [4.78, 5) is 26.4. The Balaban J connectivity index is 1.39. The second-order valence-electron chi connectivity index (χ2n) is 7.27. The third-order valence-corrected chi connectivity index (χ3v) is 6.11. The number of nitrogens with one attached hydrogen (secondary N) is 1. The van der Waals surface area contributed by atoms with Crippen molar-refractivity contribution in [2.45, 2.75) is 44.8 Å². The maximum atomic E-state index is 13.0. The number of aromatic nitrogens is 5. The molecular weight excluding hydrogens is 360 g/mol. The fourth-order valence-electron chi connectivity index (χ4n) is 3.78. The van der Waals surface area contributed by atoms with Crippen LogP contribution in [0.15, 0.2) is 41.5 Å². The molecule has 0 atom stereocenters. The summed E-state index contributed by atoms with van der Waals surface area (Å²) in [5, 5.41) is 4.45. The van der Waals surface area contributed by atoms with E-state index in [1.807, 2.05) is 36.6 Å². The highest BCUT2D eigenvalue weighted by Gasteiger charge is 2.35. The minimum absolute atomic E-state index is 0.0189. The third kappa shape index (κ3) is 2.63. The average molecular weight is 380 g/mol. The Morgan fingerprint density at radius 1 is 1.15 bits per heavy atom. The van der Waals surface area contributed by atoms with Crippen LogP contribution in [0, 0.1) is 0 Å². The van der Waals surface area contributed by atoms with Crippen LogP contribution in [0.25, 0.3) is 21.5 Å². The van der Waals surface area contributed by atoms with Crippen LogP contribution in [0.3, 0.4) is 0 Å². The molecule has 0 spiro atoms. The van der Waals surface area contributed by atoms with Gasteiger partial charge in [-0.1, -0.05) is 23.5 Å². The second-order valence-corrected chi connectivity index (χ2v) is 8.30. The monoisotopic (exact) mass is 380 g/mol. The number of rotatable bonds is 4. The lowest BCUT2D eigenvalue weighted by molar-refractivity contribution is 0.279. The van der Waals surface area contributed by atoms with Crippen LogP contribution in [0.5, 0.6) is 0 Å². The molecule has 5 rings (SSSR count). The molecule has 0 saturated heterocycles. The van der Waals surface area contributed by atoms with Crippen molar-refractivity contribution in [1.29, 1.82) is 0 Å². The Kier molecular flexibility index (Phi) is 3.75. The van der Waals surface area contributed by atoms with E-state index in [1.54, 1.807) is 28.3 Å². The zero-order valence-electron chi connectivity index (χ0n) is 15.2. The largest absolute Gasteiger partial charge is 0.359 e. The first-order chi connectivity index (χ1) is 13.1. The Labute approximate surface area is 159 Å². The van der Waals surface area contributed by atoms with E-state index in [0.717, 1.165) is 23.5 Å². The lowest BCUT2D eigenvalue weighted by atomic mass is 9.86. The first-order valence-electron chi connectivity index (χ1n) is 9.17. The summed E-state index contributed by atoms with van der Waals surface area (Å²) >= 11 is 1.67. The van der Waals surface area contributed by atoms with Gasteiger partial charge in [0.05, 0.1) is 10.2 Å². The van der Waals surface area contributed by atoms with Crippen molar-refractivity contribution in [3.63, 3.8) is 0 Å². The highest BCUT2D eigenvalue weighted by Crippen LogP contribution is 2.36. The molecule has 3 heterocycles. The zero-order chi connectivity index (χ0) is 18.5. The Morgan fingerprint density at radius 2 is 1.89 bits per heavy atom. The van der Waals surface area contributed by atoms with Gasteiger partial charge in [-0.3, -0.25) is 9.13 Å². The fraction of sp³-hybridized carbons (Fsp3) is 0.368. The molecule has 27 heavy (non-hydrogen) atoms. The summed E-state index contributed by atoms with van der Waals surface area (Å²) < 4.78 is 4.73. The SMILES string of the molecule is CC(C)n1c(=O)n([C@H]2C[C@H](Nc3nc4ccccc4s3)C2)c2nccnc21. The van der Waals surface area contributed by atoms with Gasteiger partial charge in [-0.05, 0) is 38.8 Å². The topological polar surface area (TPSA) is 77.6 Å². The van der Waals surface area contributed by atoms with Crippen molar-refractivity contribution >= 4 is 38.0 Å². The predicted molar refractivity (Wildman–Crippen MR) is 107 cm³/mol. The van der Waals surface area contributed by atoms with Crippen molar-refractivity contribution in [3.8, 4) is 0 Å². The average Bonchev–Trinajstić information content (AvgIpc) is 3.15. The molecule has 1 aromatic carbocycles. The van der Waals surface area contributed by atoms with Gasteiger partial charge in [0, 0.05) is 30.5 Å². The summed E-state index contributed by atoms with van der Waals surface area (Å²) in [7, 11) is 0. The van der Waals surface area contributed by atoms with Gasteiger partial charge in [0.15, 0.2) is 16.4 Å². The van der Waals surface area contributed by atoms with E-state index in [-0.39, 0.29) is 17.8 Å². The molecule has 3 aromatic heterocycles. The van der Waals surface area contributed by atoms with E-state index >= 15 is 0 Å². The van der Waals surface area contributed by atoms with Gasteiger partial charge in [-0.15, -0.1) is 0 Å². The number of benzene rings is 1. The maximum Gasteiger partial charge on any atom is 0.332 e. The Morgan fingerprint density at radius 3 is 2.63 bits per heavy atom. The number of hydrogen-bond donors (Lipinski definition) is 1. The maximum absolute atomic E-state index is 13.0. The third-order valence-electron chi connectivity index (χ3n) is 5.15. The lowest BCUT2D eigenvalue weighted by Gasteiger charge is -2.36. The van der Waals surface area contributed by atoms with Gasteiger partial charge < -0.3 is 5.32 Å². The molecule has 0 bridgehead atoms. The number of imidazole rings is 1. The van der Waals surface area contributed by atoms with Crippen molar-refractivity contribution in [2.24, 2.45) is 0 Å². The van der Waals surface area contributed by atoms with E-state index in [2.05, 4.69) is 26.3 Å². The fourth-order valence-corrected chi connectivity index (χ4v) is 4.72. The first-order valence-corrected chi connectivity index (χ1v) is 9.99. The molecule has 138 valence electrons. The van der Waals surface area contributed by atoms with Crippen LogP contribution in [-0.2, 0) is 0 Å². The lowest BCUT2D eigenvalue weighted by Crippen LogP contribution is -2.41. The smallest absolute Gasteiger partial charge is 0.332 e. The molecule has 0 unspecified atom stereocenters. The molecular formula is C19H20N6OS.